The van der Waals surface area contributed by atoms with Crippen molar-refractivity contribution in [2.75, 3.05) is 10.3 Å². The number of hydrogen-bond donors (Lipinski definition) is 2. The average molecular weight is 291 g/mol. The van der Waals surface area contributed by atoms with Gasteiger partial charge >= 0.3 is 0 Å². The standard InChI is InChI=1S/C12H13N5O2S/c1-7-12(18)17(6-8-11(14-13)20-16-15-8)9-4-2-3-5-10(9)19-7/h2-5,7,14H,6,13H2,1H3. The van der Waals surface area contributed by atoms with Gasteiger partial charge in [-0.2, -0.15) is 0 Å². The molecule has 0 spiro atoms. The average Bonchev–Trinajstić information content (AvgIpc) is 2.91. The maximum atomic E-state index is 12.3. The number of carbonyl (C=O) groups is 1. The van der Waals surface area contributed by atoms with Crippen LogP contribution in [0.1, 0.15) is 12.6 Å². The highest BCUT2D eigenvalue weighted by Gasteiger charge is 2.32. The van der Waals surface area contributed by atoms with Crippen LogP contribution in [0.4, 0.5) is 10.7 Å². The van der Waals surface area contributed by atoms with Gasteiger partial charge in [-0.15, -0.1) is 5.10 Å². The maximum absolute atomic E-state index is 12.3. The summed E-state index contributed by atoms with van der Waals surface area (Å²) in [6, 6.07) is 7.41. The summed E-state index contributed by atoms with van der Waals surface area (Å²) in [4.78, 5) is 14.0. The van der Waals surface area contributed by atoms with Gasteiger partial charge in [0.1, 0.15) is 16.4 Å². The molecular weight excluding hydrogens is 278 g/mol. The molecule has 1 aromatic heterocycles. The number of nitrogens with one attached hydrogen (secondary N) is 1. The molecule has 0 radical (unpaired) electrons. The number of amides is 1. The van der Waals surface area contributed by atoms with Gasteiger partial charge in [-0.05, 0) is 19.1 Å². The van der Waals surface area contributed by atoms with Crippen molar-refractivity contribution in [3.63, 3.8) is 0 Å². The van der Waals surface area contributed by atoms with Crippen LogP contribution in [0.2, 0.25) is 0 Å². The molecule has 104 valence electrons. The zero-order valence-electron chi connectivity index (χ0n) is 10.7. The molecule has 7 nitrogen and oxygen atoms in total. The summed E-state index contributed by atoms with van der Waals surface area (Å²) in [6.07, 6.45) is -0.522. The van der Waals surface area contributed by atoms with E-state index in [1.165, 1.54) is 0 Å². The van der Waals surface area contributed by atoms with E-state index in [0.29, 0.717) is 23.0 Å². The molecule has 0 saturated carbocycles. The van der Waals surface area contributed by atoms with Gasteiger partial charge < -0.3 is 10.2 Å². The largest absolute Gasteiger partial charge is 0.479 e. The predicted octanol–water partition coefficient (Wildman–Crippen LogP) is 1.14. The fourth-order valence-electron chi connectivity index (χ4n) is 2.09. The molecule has 0 fully saturated rings. The highest BCUT2D eigenvalue weighted by atomic mass is 32.1. The molecule has 0 saturated heterocycles. The number of hydrogen-bond acceptors (Lipinski definition) is 7. The first-order valence-electron chi connectivity index (χ1n) is 6.05. The smallest absolute Gasteiger partial charge is 0.268 e. The molecule has 3 N–H and O–H groups in total. The second-order valence-corrected chi connectivity index (χ2v) is 5.10. The van der Waals surface area contributed by atoms with E-state index in [1.54, 1.807) is 11.8 Å². The number of para-hydroxylation sites is 2. The topological polar surface area (TPSA) is 93.4 Å². The number of rotatable bonds is 3. The number of carbonyl (C=O) groups excluding carboxylic acids is 1. The molecule has 1 atom stereocenters. The Bertz CT molecular complexity index is 644. The lowest BCUT2D eigenvalue weighted by Crippen LogP contribution is -2.44. The van der Waals surface area contributed by atoms with Crippen LogP contribution in [-0.4, -0.2) is 21.6 Å². The summed E-state index contributed by atoms with van der Waals surface area (Å²) < 4.78 is 9.42. The fourth-order valence-corrected chi connectivity index (χ4v) is 2.58. The summed E-state index contributed by atoms with van der Waals surface area (Å²) in [5.41, 5.74) is 3.90. The highest BCUT2D eigenvalue weighted by molar-refractivity contribution is 7.10. The summed E-state index contributed by atoms with van der Waals surface area (Å²) in [7, 11) is 0. The van der Waals surface area contributed by atoms with Crippen molar-refractivity contribution in [1.82, 2.24) is 9.59 Å². The Balaban J connectivity index is 1.97. The van der Waals surface area contributed by atoms with E-state index in [9.17, 15) is 4.79 Å². The van der Waals surface area contributed by atoms with Gasteiger partial charge in [0.2, 0.25) is 0 Å². The number of nitrogen functional groups attached to an aromatic ring is 1. The van der Waals surface area contributed by atoms with Crippen LogP contribution < -0.4 is 20.9 Å². The minimum atomic E-state index is -0.522. The molecule has 1 amide bonds. The third-order valence-electron chi connectivity index (χ3n) is 3.07. The minimum Gasteiger partial charge on any atom is -0.479 e. The first kappa shape index (κ1) is 12.8. The summed E-state index contributed by atoms with van der Waals surface area (Å²) >= 11 is 1.16. The van der Waals surface area contributed by atoms with E-state index in [-0.39, 0.29) is 5.91 Å². The summed E-state index contributed by atoms with van der Waals surface area (Å²) in [6.45, 7) is 2.03. The first-order chi connectivity index (χ1) is 9.70. The van der Waals surface area contributed by atoms with Crippen LogP contribution in [-0.2, 0) is 11.3 Å². The third kappa shape index (κ3) is 2.08. The lowest BCUT2D eigenvalue weighted by Gasteiger charge is -2.32. The molecule has 3 rings (SSSR count). The zero-order chi connectivity index (χ0) is 14.1. The van der Waals surface area contributed by atoms with Crippen LogP contribution in [0.15, 0.2) is 24.3 Å². The number of aromatic nitrogens is 2. The SMILES string of the molecule is CC1Oc2ccccc2N(Cc2nnsc2NN)C1=O. The summed E-state index contributed by atoms with van der Waals surface area (Å²) in [5, 5.41) is 4.65. The number of ether oxygens (including phenoxy) is 1. The Labute approximate surface area is 119 Å². The molecule has 0 aliphatic carbocycles. The number of benzene rings is 1. The molecule has 0 bridgehead atoms. The van der Waals surface area contributed by atoms with Crippen molar-refractivity contribution in [3.05, 3.63) is 30.0 Å². The first-order valence-corrected chi connectivity index (χ1v) is 6.83. The summed E-state index contributed by atoms with van der Waals surface area (Å²) in [5.74, 6) is 5.98. The van der Waals surface area contributed by atoms with Crippen molar-refractivity contribution in [3.8, 4) is 5.75 Å². The molecule has 1 unspecified atom stereocenters. The highest BCUT2D eigenvalue weighted by Crippen LogP contribution is 2.35. The number of nitrogens with zero attached hydrogens (tertiary/aromatic N) is 3. The van der Waals surface area contributed by atoms with Crippen molar-refractivity contribution < 1.29 is 9.53 Å². The van der Waals surface area contributed by atoms with E-state index in [2.05, 4.69) is 15.0 Å². The Kier molecular flexibility index (Phi) is 3.25. The third-order valence-corrected chi connectivity index (χ3v) is 3.77. The predicted molar refractivity (Wildman–Crippen MR) is 75.4 cm³/mol. The van der Waals surface area contributed by atoms with Gasteiger partial charge in [0.15, 0.2) is 6.10 Å². The molecule has 20 heavy (non-hydrogen) atoms. The maximum Gasteiger partial charge on any atom is 0.268 e. The Morgan fingerprint density at radius 2 is 2.30 bits per heavy atom. The van der Waals surface area contributed by atoms with Crippen LogP contribution >= 0.6 is 11.5 Å². The molecule has 1 aromatic carbocycles. The molecule has 2 aromatic rings. The molecule has 2 heterocycles. The molecule has 1 aliphatic heterocycles. The van der Waals surface area contributed by atoms with Gasteiger partial charge in [-0.1, -0.05) is 16.6 Å². The van der Waals surface area contributed by atoms with Crippen LogP contribution in [0.25, 0.3) is 0 Å². The number of anilines is 2. The van der Waals surface area contributed by atoms with Crippen molar-refractivity contribution in [1.29, 1.82) is 0 Å². The Hall–Kier alpha value is -2.19. The van der Waals surface area contributed by atoms with E-state index in [1.807, 2.05) is 24.3 Å². The van der Waals surface area contributed by atoms with E-state index < -0.39 is 6.10 Å². The zero-order valence-corrected chi connectivity index (χ0v) is 11.6. The molecule has 8 heteroatoms. The second kappa shape index (κ2) is 5.06. The van der Waals surface area contributed by atoms with Gasteiger partial charge in [0, 0.05) is 11.5 Å². The molecular formula is C12H13N5O2S. The van der Waals surface area contributed by atoms with Crippen LogP contribution in [0.3, 0.4) is 0 Å². The monoisotopic (exact) mass is 291 g/mol. The van der Waals surface area contributed by atoms with E-state index >= 15 is 0 Å². The fraction of sp³-hybridized carbons (Fsp3) is 0.250. The Morgan fingerprint density at radius 1 is 1.50 bits per heavy atom. The van der Waals surface area contributed by atoms with E-state index in [4.69, 9.17) is 10.6 Å². The van der Waals surface area contributed by atoms with Gasteiger partial charge in [-0.3, -0.25) is 9.69 Å². The number of fused-ring (bicyclic) bond motifs is 1. The second-order valence-electron chi connectivity index (χ2n) is 4.35. The van der Waals surface area contributed by atoms with Crippen molar-refractivity contribution in [2.24, 2.45) is 5.84 Å². The Morgan fingerprint density at radius 3 is 3.10 bits per heavy atom. The number of hydrazine groups is 1. The van der Waals surface area contributed by atoms with E-state index in [0.717, 1.165) is 17.2 Å². The van der Waals surface area contributed by atoms with Gasteiger partial charge in [0.05, 0.1) is 12.2 Å². The normalized spacial score (nSPS) is 17.6. The number of nitrogens with two attached hydrogens (primary N) is 1. The molecule has 1 aliphatic rings. The van der Waals surface area contributed by atoms with Crippen LogP contribution in [0.5, 0.6) is 5.75 Å². The van der Waals surface area contributed by atoms with Gasteiger partial charge in [-0.25, -0.2) is 5.84 Å². The quantitative estimate of drug-likeness (QED) is 0.650. The van der Waals surface area contributed by atoms with Crippen LogP contribution in [0, 0.1) is 0 Å². The minimum absolute atomic E-state index is 0.111. The lowest BCUT2D eigenvalue weighted by atomic mass is 10.2. The van der Waals surface area contributed by atoms with Crippen molar-refractivity contribution in [2.45, 2.75) is 19.6 Å². The van der Waals surface area contributed by atoms with Gasteiger partial charge in [0.25, 0.3) is 5.91 Å². The van der Waals surface area contributed by atoms with Crippen molar-refractivity contribution >= 4 is 28.1 Å². The lowest BCUT2D eigenvalue weighted by molar-refractivity contribution is -0.125.